The zero-order valence-electron chi connectivity index (χ0n) is 14.6. The molecule has 0 saturated carbocycles. The molecule has 12 heteroatoms. The van der Waals surface area contributed by atoms with Gasteiger partial charge in [-0.3, -0.25) is 19.2 Å². The number of thioether (sulfide) groups is 1. The summed E-state index contributed by atoms with van der Waals surface area (Å²) in [5.74, 6) is -3.73. The van der Waals surface area contributed by atoms with Gasteiger partial charge in [-0.1, -0.05) is 0 Å². The smallest absolute Gasteiger partial charge is 0.326 e. The van der Waals surface area contributed by atoms with Crippen molar-refractivity contribution in [3.8, 4) is 0 Å². The molecule has 148 valence electrons. The first kappa shape index (κ1) is 23.7. The molecule has 26 heavy (non-hydrogen) atoms. The molecule has 0 aliphatic rings. The van der Waals surface area contributed by atoms with E-state index in [1.807, 2.05) is 0 Å². The van der Waals surface area contributed by atoms with Gasteiger partial charge in [0.1, 0.15) is 18.1 Å². The molecule has 11 nitrogen and oxygen atoms in total. The molecule has 0 saturated heterocycles. The summed E-state index contributed by atoms with van der Waals surface area (Å²) in [6.07, 6.45) is 1.44. The predicted molar refractivity (Wildman–Crippen MR) is 95.0 cm³/mol. The zero-order chi connectivity index (χ0) is 20.3. The summed E-state index contributed by atoms with van der Waals surface area (Å²) in [6, 6.07) is -3.47. The van der Waals surface area contributed by atoms with Crippen molar-refractivity contribution in [1.82, 2.24) is 16.0 Å². The molecular weight excluding hydrogens is 366 g/mol. The molecule has 0 radical (unpaired) electrons. The van der Waals surface area contributed by atoms with Crippen LogP contribution in [-0.2, 0) is 24.0 Å². The highest BCUT2D eigenvalue weighted by Crippen LogP contribution is 2.03. The van der Waals surface area contributed by atoms with E-state index in [-0.39, 0.29) is 13.0 Å². The fraction of sp³-hybridized carbons (Fsp3) is 0.643. The summed E-state index contributed by atoms with van der Waals surface area (Å²) in [7, 11) is 0. The van der Waals surface area contributed by atoms with E-state index in [0.717, 1.165) is 0 Å². The van der Waals surface area contributed by atoms with Crippen molar-refractivity contribution in [1.29, 1.82) is 0 Å². The summed E-state index contributed by atoms with van der Waals surface area (Å²) in [4.78, 5) is 57.7. The summed E-state index contributed by atoms with van der Waals surface area (Å²) < 4.78 is 0. The van der Waals surface area contributed by atoms with Gasteiger partial charge < -0.3 is 32.5 Å². The highest BCUT2D eigenvalue weighted by Gasteiger charge is 2.28. The largest absolute Gasteiger partial charge is 0.480 e. The quantitative estimate of drug-likeness (QED) is 0.204. The number of primary amides is 1. The minimum atomic E-state index is -1.50. The van der Waals surface area contributed by atoms with Crippen LogP contribution in [0.5, 0.6) is 0 Å². The fourth-order valence-electron chi connectivity index (χ4n) is 1.84. The maximum Gasteiger partial charge on any atom is 0.326 e. The first-order chi connectivity index (χ1) is 12.1. The molecule has 0 aromatic rings. The second kappa shape index (κ2) is 12.1. The third-order valence-electron chi connectivity index (χ3n) is 3.22. The Labute approximate surface area is 155 Å². The lowest BCUT2D eigenvalue weighted by Crippen LogP contribution is -2.56. The molecule has 0 aliphatic carbocycles. The maximum atomic E-state index is 12.3. The summed E-state index contributed by atoms with van der Waals surface area (Å²) >= 11 is 1.42. The molecule has 0 rings (SSSR count). The maximum absolute atomic E-state index is 12.3. The molecule has 0 aromatic carbocycles. The third-order valence-corrected chi connectivity index (χ3v) is 3.86. The lowest BCUT2D eigenvalue weighted by molar-refractivity contribution is -0.143. The van der Waals surface area contributed by atoms with E-state index < -0.39 is 54.1 Å². The van der Waals surface area contributed by atoms with Crippen molar-refractivity contribution in [2.45, 2.75) is 37.9 Å². The molecular formula is C14H25N5O6S. The number of carbonyl (C=O) groups is 5. The number of carbonyl (C=O) groups excluding carboxylic acids is 4. The SMILES string of the molecule is CSCCC(NC(=O)C(C)NC(=O)CN)C(=O)NC(CC(N)=O)C(=O)O. The van der Waals surface area contributed by atoms with Crippen LogP contribution in [0.2, 0.25) is 0 Å². The Morgan fingerprint density at radius 1 is 1.04 bits per heavy atom. The molecule has 0 aliphatic heterocycles. The van der Waals surface area contributed by atoms with E-state index in [1.54, 1.807) is 6.26 Å². The van der Waals surface area contributed by atoms with E-state index in [0.29, 0.717) is 5.75 Å². The average molecular weight is 391 g/mol. The molecule has 0 heterocycles. The van der Waals surface area contributed by atoms with Gasteiger partial charge in [-0.15, -0.1) is 0 Å². The first-order valence-electron chi connectivity index (χ1n) is 7.72. The van der Waals surface area contributed by atoms with Gasteiger partial charge in [-0.05, 0) is 25.4 Å². The normalized spacial score (nSPS) is 13.8. The second-order valence-electron chi connectivity index (χ2n) is 5.41. The van der Waals surface area contributed by atoms with Crippen LogP contribution in [-0.4, -0.2) is 71.4 Å². The number of aliphatic carboxylic acids is 1. The number of carboxylic acid groups (broad SMARTS) is 1. The van der Waals surface area contributed by atoms with Crippen LogP contribution in [0, 0.1) is 0 Å². The van der Waals surface area contributed by atoms with Gasteiger partial charge in [0.2, 0.25) is 23.6 Å². The molecule has 0 spiro atoms. The van der Waals surface area contributed by atoms with Crippen LogP contribution < -0.4 is 27.4 Å². The van der Waals surface area contributed by atoms with Crippen molar-refractivity contribution in [2.24, 2.45) is 11.5 Å². The fourth-order valence-corrected chi connectivity index (χ4v) is 2.31. The van der Waals surface area contributed by atoms with Crippen molar-refractivity contribution >= 4 is 41.4 Å². The number of amides is 4. The third kappa shape index (κ3) is 9.22. The molecule has 3 unspecified atom stereocenters. The zero-order valence-corrected chi connectivity index (χ0v) is 15.4. The first-order valence-corrected chi connectivity index (χ1v) is 9.11. The molecule has 0 bridgehead atoms. The van der Waals surface area contributed by atoms with Crippen LogP contribution in [0.4, 0.5) is 0 Å². The Morgan fingerprint density at radius 2 is 1.62 bits per heavy atom. The average Bonchev–Trinajstić information content (AvgIpc) is 2.56. The molecule has 4 amide bonds. The summed E-state index contributed by atoms with van der Waals surface area (Å²) in [5.41, 5.74) is 10.1. The van der Waals surface area contributed by atoms with Gasteiger partial charge in [0.15, 0.2) is 0 Å². The van der Waals surface area contributed by atoms with Crippen LogP contribution in [0.1, 0.15) is 19.8 Å². The van der Waals surface area contributed by atoms with Crippen LogP contribution in [0.25, 0.3) is 0 Å². The Bertz CT molecular complexity index is 544. The van der Waals surface area contributed by atoms with Crippen LogP contribution in [0.15, 0.2) is 0 Å². The Balaban J connectivity index is 5.01. The highest BCUT2D eigenvalue weighted by atomic mass is 32.2. The number of nitrogens with one attached hydrogen (secondary N) is 3. The van der Waals surface area contributed by atoms with Gasteiger partial charge in [-0.2, -0.15) is 11.8 Å². The van der Waals surface area contributed by atoms with Gasteiger partial charge in [0.05, 0.1) is 13.0 Å². The van der Waals surface area contributed by atoms with Crippen LogP contribution in [0.3, 0.4) is 0 Å². The Morgan fingerprint density at radius 3 is 2.08 bits per heavy atom. The van der Waals surface area contributed by atoms with Gasteiger partial charge in [0, 0.05) is 0 Å². The number of nitrogens with two attached hydrogens (primary N) is 2. The topological polar surface area (TPSA) is 194 Å². The molecule has 8 N–H and O–H groups in total. The summed E-state index contributed by atoms with van der Waals surface area (Å²) in [5, 5.41) is 16.0. The number of hydrogen-bond donors (Lipinski definition) is 6. The number of rotatable bonds is 12. The minimum absolute atomic E-state index is 0.221. The number of carboxylic acids is 1. The van der Waals surface area contributed by atoms with Crippen molar-refractivity contribution in [2.75, 3.05) is 18.6 Å². The van der Waals surface area contributed by atoms with E-state index in [4.69, 9.17) is 16.6 Å². The monoisotopic (exact) mass is 391 g/mol. The molecule has 0 aromatic heterocycles. The minimum Gasteiger partial charge on any atom is -0.480 e. The van der Waals surface area contributed by atoms with E-state index in [9.17, 15) is 24.0 Å². The van der Waals surface area contributed by atoms with E-state index in [1.165, 1.54) is 18.7 Å². The Kier molecular flexibility index (Phi) is 11.0. The highest BCUT2D eigenvalue weighted by molar-refractivity contribution is 7.98. The molecule has 0 fully saturated rings. The van der Waals surface area contributed by atoms with Gasteiger partial charge >= 0.3 is 5.97 Å². The van der Waals surface area contributed by atoms with Crippen molar-refractivity contribution < 1.29 is 29.1 Å². The number of hydrogen-bond acceptors (Lipinski definition) is 7. The van der Waals surface area contributed by atoms with Crippen molar-refractivity contribution in [3.63, 3.8) is 0 Å². The predicted octanol–water partition coefficient (Wildman–Crippen LogP) is -2.87. The summed E-state index contributed by atoms with van der Waals surface area (Å²) in [6.45, 7) is 1.13. The second-order valence-corrected chi connectivity index (χ2v) is 6.39. The van der Waals surface area contributed by atoms with Crippen LogP contribution >= 0.6 is 11.8 Å². The van der Waals surface area contributed by atoms with Crippen molar-refractivity contribution in [3.05, 3.63) is 0 Å². The van der Waals surface area contributed by atoms with E-state index >= 15 is 0 Å². The Hall–Kier alpha value is -2.34. The van der Waals surface area contributed by atoms with Gasteiger partial charge in [-0.25, -0.2) is 4.79 Å². The lowest BCUT2D eigenvalue weighted by atomic mass is 10.1. The molecule has 3 atom stereocenters. The van der Waals surface area contributed by atoms with E-state index in [2.05, 4.69) is 16.0 Å². The lowest BCUT2D eigenvalue weighted by Gasteiger charge is -2.22. The standard InChI is InChI=1S/C14H25N5O6S/c1-7(17-11(21)6-15)12(22)18-8(3-4-26-2)13(23)19-9(14(24)25)5-10(16)20/h7-9H,3-6,15H2,1-2H3,(H2,16,20)(H,17,21)(H,18,22)(H,19,23)(H,24,25). The van der Waals surface area contributed by atoms with Gasteiger partial charge in [0.25, 0.3) is 0 Å².